The Bertz CT molecular complexity index is 230. The maximum Gasteiger partial charge on any atom is 0.00657 e. The van der Waals surface area contributed by atoms with Crippen molar-refractivity contribution in [2.24, 2.45) is 5.92 Å². The summed E-state index contributed by atoms with van der Waals surface area (Å²) in [6.45, 7) is 0. The van der Waals surface area contributed by atoms with Crippen molar-refractivity contribution >= 4 is 15.9 Å². The van der Waals surface area contributed by atoms with Crippen LogP contribution in [0, 0.1) is 5.92 Å². The van der Waals surface area contributed by atoms with Crippen LogP contribution in [-0.2, 0) is 0 Å². The number of benzene rings is 1. The fourth-order valence-corrected chi connectivity index (χ4v) is 2.24. The molecule has 0 N–H and O–H groups in total. The van der Waals surface area contributed by atoms with Crippen molar-refractivity contribution in [3.05, 3.63) is 35.9 Å². The second-order valence-corrected chi connectivity index (χ2v) is 3.81. The first-order valence-corrected chi connectivity index (χ1v) is 5.15. The average molecular weight is 211 g/mol. The van der Waals surface area contributed by atoms with Gasteiger partial charge in [-0.25, -0.2) is 0 Å². The highest BCUT2D eigenvalue weighted by Crippen LogP contribution is 2.47. The molecule has 0 amide bonds. The normalized spacial score (nSPS) is 28.5. The Balaban J connectivity index is 2.09. The van der Waals surface area contributed by atoms with Crippen molar-refractivity contribution in [3.63, 3.8) is 0 Å². The van der Waals surface area contributed by atoms with Gasteiger partial charge in [0.2, 0.25) is 0 Å². The van der Waals surface area contributed by atoms with Crippen molar-refractivity contribution in [1.29, 1.82) is 0 Å². The van der Waals surface area contributed by atoms with Gasteiger partial charge in [0.1, 0.15) is 0 Å². The first kappa shape index (κ1) is 7.35. The fraction of sp³-hybridized carbons (Fsp3) is 0.400. The molecule has 1 aromatic carbocycles. The zero-order valence-electron chi connectivity index (χ0n) is 6.33. The van der Waals surface area contributed by atoms with Crippen LogP contribution in [0.25, 0.3) is 0 Å². The monoisotopic (exact) mass is 210 g/mol. The molecule has 0 radical (unpaired) electrons. The number of hydrogen-bond donors (Lipinski definition) is 0. The first-order chi connectivity index (χ1) is 5.42. The van der Waals surface area contributed by atoms with Gasteiger partial charge in [0.05, 0.1) is 0 Å². The van der Waals surface area contributed by atoms with Gasteiger partial charge in [-0.2, -0.15) is 0 Å². The molecule has 1 aliphatic carbocycles. The van der Waals surface area contributed by atoms with E-state index in [1.807, 2.05) is 0 Å². The van der Waals surface area contributed by atoms with Crippen LogP contribution in [0.2, 0.25) is 0 Å². The van der Waals surface area contributed by atoms with E-state index in [0.717, 1.165) is 17.2 Å². The summed E-state index contributed by atoms with van der Waals surface area (Å²) in [5, 5.41) is 1.16. The van der Waals surface area contributed by atoms with Crippen LogP contribution in [0.3, 0.4) is 0 Å². The van der Waals surface area contributed by atoms with E-state index < -0.39 is 0 Å². The van der Waals surface area contributed by atoms with Crippen molar-refractivity contribution in [2.75, 3.05) is 5.33 Å². The van der Waals surface area contributed by atoms with Crippen LogP contribution in [0.1, 0.15) is 17.9 Å². The van der Waals surface area contributed by atoms with Gasteiger partial charge in [-0.1, -0.05) is 46.3 Å². The SMILES string of the molecule is BrC[C@H]1C[C@H]1c1ccccc1. The van der Waals surface area contributed by atoms with Crippen LogP contribution in [0.4, 0.5) is 0 Å². The molecule has 0 spiro atoms. The second kappa shape index (κ2) is 2.98. The summed E-state index contributed by atoms with van der Waals surface area (Å²) in [4.78, 5) is 0. The van der Waals surface area contributed by atoms with Crippen LogP contribution in [0.5, 0.6) is 0 Å². The molecule has 2 atom stereocenters. The zero-order valence-corrected chi connectivity index (χ0v) is 7.92. The van der Waals surface area contributed by atoms with E-state index in [0.29, 0.717) is 0 Å². The average Bonchev–Trinajstić information content (AvgIpc) is 2.85. The maximum atomic E-state index is 3.51. The topological polar surface area (TPSA) is 0 Å². The second-order valence-electron chi connectivity index (χ2n) is 3.17. The summed E-state index contributed by atoms with van der Waals surface area (Å²) >= 11 is 3.51. The van der Waals surface area contributed by atoms with E-state index >= 15 is 0 Å². The van der Waals surface area contributed by atoms with Gasteiger partial charge in [-0.15, -0.1) is 0 Å². The molecule has 0 unspecified atom stereocenters. The first-order valence-electron chi connectivity index (χ1n) is 4.02. The van der Waals surface area contributed by atoms with Gasteiger partial charge >= 0.3 is 0 Å². The Kier molecular flexibility index (Phi) is 1.99. The Morgan fingerprint density at radius 3 is 2.55 bits per heavy atom. The summed E-state index contributed by atoms with van der Waals surface area (Å²) in [5.74, 6) is 1.74. The minimum Gasteiger partial charge on any atom is -0.0925 e. The largest absolute Gasteiger partial charge is 0.0925 e. The van der Waals surface area contributed by atoms with Crippen LogP contribution < -0.4 is 0 Å². The molecule has 0 bridgehead atoms. The molecule has 1 saturated carbocycles. The summed E-state index contributed by atoms with van der Waals surface area (Å²) in [6, 6.07) is 10.8. The minimum absolute atomic E-state index is 0.843. The van der Waals surface area contributed by atoms with Gasteiger partial charge in [0, 0.05) is 5.33 Å². The third-order valence-corrected chi connectivity index (χ3v) is 3.18. The molecule has 0 aliphatic heterocycles. The van der Waals surface area contributed by atoms with Crippen molar-refractivity contribution < 1.29 is 0 Å². The molecule has 0 nitrogen and oxygen atoms in total. The Morgan fingerprint density at radius 2 is 2.00 bits per heavy atom. The third-order valence-electron chi connectivity index (χ3n) is 2.35. The Hall–Kier alpha value is -0.300. The molecule has 1 fully saturated rings. The van der Waals surface area contributed by atoms with Crippen molar-refractivity contribution in [2.45, 2.75) is 12.3 Å². The molecule has 1 heteroatoms. The number of alkyl halides is 1. The highest BCUT2D eigenvalue weighted by molar-refractivity contribution is 9.09. The highest BCUT2D eigenvalue weighted by Gasteiger charge is 2.36. The van der Waals surface area contributed by atoms with E-state index in [4.69, 9.17) is 0 Å². The summed E-state index contributed by atoms with van der Waals surface area (Å²) in [7, 11) is 0. The van der Waals surface area contributed by atoms with E-state index in [1.165, 1.54) is 12.0 Å². The number of hydrogen-bond acceptors (Lipinski definition) is 0. The van der Waals surface area contributed by atoms with E-state index in [9.17, 15) is 0 Å². The standard InChI is InChI=1S/C10H11Br/c11-7-9-6-10(9)8-4-2-1-3-5-8/h1-5,9-10H,6-7H2/t9-,10+/m1/s1. The summed E-state index contributed by atoms with van der Waals surface area (Å²) < 4.78 is 0. The molecule has 1 aliphatic rings. The molecule has 58 valence electrons. The molecule has 0 aromatic heterocycles. The van der Waals surface area contributed by atoms with Gasteiger partial charge in [0.15, 0.2) is 0 Å². The lowest BCUT2D eigenvalue weighted by atomic mass is 10.1. The van der Waals surface area contributed by atoms with Crippen LogP contribution in [-0.4, -0.2) is 5.33 Å². The van der Waals surface area contributed by atoms with Gasteiger partial charge in [0.25, 0.3) is 0 Å². The van der Waals surface area contributed by atoms with E-state index in [1.54, 1.807) is 0 Å². The predicted molar refractivity (Wildman–Crippen MR) is 51.1 cm³/mol. The number of halogens is 1. The molecule has 0 heterocycles. The highest BCUT2D eigenvalue weighted by atomic mass is 79.9. The molecule has 1 aromatic rings. The molecule has 11 heavy (non-hydrogen) atoms. The van der Waals surface area contributed by atoms with Crippen LogP contribution in [0.15, 0.2) is 30.3 Å². The summed E-state index contributed by atoms with van der Waals surface area (Å²) in [6.07, 6.45) is 1.37. The maximum absolute atomic E-state index is 3.51. The Morgan fingerprint density at radius 1 is 1.27 bits per heavy atom. The lowest BCUT2D eigenvalue weighted by Crippen LogP contribution is -1.82. The quantitative estimate of drug-likeness (QED) is 0.659. The third kappa shape index (κ3) is 1.48. The molecule has 2 rings (SSSR count). The predicted octanol–water partition coefficient (Wildman–Crippen LogP) is 3.19. The van der Waals surface area contributed by atoms with Gasteiger partial charge in [-0.3, -0.25) is 0 Å². The van der Waals surface area contributed by atoms with E-state index in [2.05, 4.69) is 46.3 Å². The van der Waals surface area contributed by atoms with Crippen molar-refractivity contribution in [3.8, 4) is 0 Å². The smallest absolute Gasteiger partial charge is 0.00657 e. The molecular formula is C10H11Br. The minimum atomic E-state index is 0.843. The van der Waals surface area contributed by atoms with Gasteiger partial charge in [-0.05, 0) is 23.8 Å². The lowest BCUT2D eigenvalue weighted by Gasteiger charge is -1.95. The van der Waals surface area contributed by atoms with Crippen LogP contribution >= 0.6 is 15.9 Å². The molecule has 0 saturated heterocycles. The fourth-order valence-electron chi connectivity index (χ4n) is 1.53. The molecular weight excluding hydrogens is 200 g/mol. The van der Waals surface area contributed by atoms with Gasteiger partial charge < -0.3 is 0 Å². The van der Waals surface area contributed by atoms with E-state index in [-0.39, 0.29) is 0 Å². The Labute approximate surface area is 75.8 Å². The summed E-state index contributed by atoms with van der Waals surface area (Å²) in [5.41, 5.74) is 1.51. The zero-order chi connectivity index (χ0) is 7.68. The number of rotatable bonds is 2. The lowest BCUT2D eigenvalue weighted by molar-refractivity contribution is 0.937. The van der Waals surface area contributed by atoms with Crippen molar-refractivity contribution in [1.82, 2.24) is 0 Å².